The first kappa shape index (κ1) is 14.1. The molecule has 0 heterocycles. The lowest BCUT2D eigenvalue weighted by atomic mass is 10.1. The first-order valence-corrected chi connectivity index (χ1v) is 7.07. The molecule has 19 heavy (non-hydrogen) atoms. The number of rotatable bonds is 4. The van der Waals surface area contributed by atoms with E-state index in [0.29, 0.717) is 0 Å². The van der Waals surface area contributed by atoms with Crippen molar-refractivity contribution in [2.45, 2.75) is 20.4 Å². The molecule has 0 fully saturated rings. The van der Waals surface area contributed by atoms with E-state index in [1.807, 2.05) is 25.2 Å². The fraction of sp³-hybridized carbons (Fsp3) is 0.250. The lowest BCUT2D eigenvalue weighted by Crippen LogP contribution is -2.06. The second kappa shape index (κ2) is 6.22. The topological polar surface area (TPSA) is 21.3 Å². The predicted octanol–water partition coefficient (Wildman–Crippen LogP) is 4.58. The van der Waals surface area contributed by atoms with Crippen molar-refractivity contribution < 1.29 is 4.74 Å². The van der Waals surface area contributed by atoms with Crippen LogP contribution in [0.4, 0.5) is 0 Å². The van der Waals surface area contributed by atoms with Crippen LogP contribution in [0.3, 0.4) is 0 Å². The lowest BCUT2D eigenvalue weighted by Gasteiger charge is -2.12. The van der Waals surface area contributed by atoms with Gasteiger partial charge in [-0.15, -0.1) is 0 Å². The number of hydrogen-bond donors (Lipinski definition) is 1. The van der Waals surface area contributed by atoms with Gasteiger partial charge in [-0.25, -0.2) is 0 Å². The van der Waals surface area contributed by atoms with Crippen molar-refractivity contribution >= 4 is 15.9 Å². The Balaban J connectivity index is 2.30. The van der Waals surface area contributed by atoms with Crippen LogP contribution in [-0.2, 0) is 6.54 Å². The third-order valence-electron chi connectivity index (χ3n) is 3.10. The van der Waals surface area contributed by atoms with Gasteiger partial charge in [-0.1, -0.05) is 28.1 Å². The minimum atomic E-state index is 0.785. The molecule has 2 aromatic rings. The van der Waals surface area contributed by atoms with Gasteiger partial charge in [0.1, 0.15) is 11.5 Å². The number of hydrogen-bond acceptors (Lipinski definition) is 2. The maximum absolute atomic E-state index is 6.01. The van der Waals surface area contributed by atoms with E-state index in [1.165, 1.54) is 11.1 Å². The van der Waals surface area contributed by atoms with Crippen molar-refractivity contribution in [1.29, 1.82) is 0 Å². The summed E-state index contributed by atoms with van der Waals surface area (Å²) in [6, 6.07) is 12.3. The number of ether oxygens (including phenoxy) is 1. The molecule has 0 aromatic heterocycles. The van der Waals surface area contributed by atoms with Crippen molar-refractivity contribution in [2.24, 2.45) is 0 Å². The normalized spacial score (nSPS) is 10.5. The Morgan fingerprint density at radius 2 is 1.84 bits per heavy atom. The highest BCUT2D eigenvalue weighted by atomic mass is 79.9. The van der Waals surface area contributed by atoms with Crippen LogP contribution in [0.2, 0.25) is 0 Å². The van der Waals surface area contributed by atoms with Crippen LogP contribution in [-0.4, -0.2) is 7.05 Å². The van der Waals surface area contributed by atoms with Crippen molar-refractivity contribution in [3.8, 4) is 11.5 Å². The third-order valence-corrected chi connectivity index (χ3v) is 3.60. The van der Waals surface area contributed by atoms with Crippen molar-refractivity contribution in [3.63, 3.8) is 0 Å². The first-order chi connectivity index (χ1) is 9.10. The molecule has 2 rings (SSSR count). The molecule has 2 nitrogen and oxygen atoms in total. The van der Waals surface area contributed by atoms with Gasteiger partial charge in [0.15, 0.2) is 0 Å². The van der Waals surface area contributed by atoms with Crippen molar-refractivity contribution in [2.75, 3.05) is 7.05 Å². The standard InChI is InChI=1S/C16H18BrNO/c1-11-4-7-15(8-12(11)2)19-16-9-14(17)6-5-13(16)10-18-3/h4-9,18H,10H2,1-3H3. The molecule has 0 spiro atoms. The van der Waals surface area contributed by atoms with E-state index >= 15 is 0 Å². The Hall–Kier alpha value is -1.32. The van der Waals surface area contributed by atoms with E-state index in [9.17, 15) is 0 Å². The van der Waals surface area contributed by atoms with E-state index in [-0.39, 0.29) is 0 Å². The highest BCUT2D eigenvalue weighted by molar-refractivity contribution is 9.10. The Morgan fingerprint density at radius 3 is 2.53 bits per heavy atom. The zero-order chi connectivity index (χ0) is 13.8. The molecule has 0 radical (unpaired) electrons. The summed E-state index contributed by atoms with van der Waals surface area (Å²) in [5.74, 6) is 1.76. The van der Waals surface area contributed by atoms with Crippen LogP contribution >= 0.6 is 15.9 Å². The van der Waals surface area contributed by atoms with E-state index in [2.05, 4.69) is 53.3 Å². The van der Waals surface area contributed by atoms with Crippen LogP contribution in [0.5, 0.6) is 11.5 Å². The minimum absolute atomic E-state index is 0.785. The maximum Gasteiger partial charge on any atom is 0.133 e. The lowest BCUT2D eigenvalue weighted by molar-refractivity contribution is 0.473. The van der Waals surface area contributed by atoms with Gasteiger partial charge in [-0.2, -0.15) is 0 Å². The molecule has 1 N–H and O–H groups in total. The molecule has 3 heteroatoms. The van der Waals surface area contributed by atoms with Crippen LogP contribution in [0.15, 0.2) is 40.9 Å². The highest BCUT2D eigenvalue weighted by Gasteiger charge is 2.06. The second-order valence-corrected chi connectivity index (χ2v) is 5.55. The van der Waals surface area contributed by atoms with Crippen LogP contribution in [0, 0.1) is 13.8 Å². The number of aryl methyl sites for hydroxylation is 2. The largest absolute Gasteiger partial charge is 0.457 e. The molecule has 0 aliphatic carbocycles. The molecule has 2 aromatic carbocycles. The van der Waals surface area contributed by atoms with Gasteiger partial charge < -0.3 is 10.1 Å². The van der Waals surface area contributed by atoms with Crippen LogP contribution in [0.25, 0.3) is 0 Å². The van der Waals surface area contributed by atoms with Crippen LogP contribution in [0.1, 0.15) is 16.7 Å². The van der Waals surface area contributed by atoms with Gasteiger partial charge in [0.2, 0.25) is 0 Å². The minimum Gasteiger partial charge on any atom is -0.457 e. The van der Waals surface area contributed by atoms with Crippen LogP contribution < -0.4 is 10.1 Å². The quantitative estimate of drug-likeness (QED) is 0.890. The molecule has 0 bridgehead atoms. The average Bonchev–Trinajstić information content (AvgIpc) is 2.37. The molecule has 0 aliphatic heterocycles. The molecule has 100 valence electrons. The maximum atomic E-state index is 6.01. The SMILES string of the molecule is CNCc1ccc(Br)cc1Oc1ccc(C)c(C)c1. The summed E-state index contributed by atoms with van der Waals surface area (Å²) in [7, 11) is 1.93. The van der Waals surface area contributed by atoms with Gasteiger partial charge >= 0.3 is 0 Å². The van der Waals surface area contributed by atoms with E-state index in [1.54, 1.807) is 0 Å². The van der Waals surface area contributed by atoms with E-state index in [4.69, 9.17) is 4.74 Å². The van der Waals surface area contributed by atoms with Gasteiger partial charge in [-0.3, -0.25) is 0 Å². The Morgan fingerprint density at radius 1 is 1.05 bits per heavy atom. The van der Waals surface area contributed by atoms with E-state index in [0.717, 1.165) is 28.1 Å². The van der Waals surface area contributed by atoms with Gasteiger partial charge in [-0.05, 0) is 56.3 Å². The molecular weight excluding hydrogens is 302 g/mol. The zero-order valence-electron chi connectivity index (χ0n) is 11.5. The zero-order valence-corrected chi connectivity index (χ0v) is 13.0. The average molecular weight is 320 g/mol. The molecule has 0 aliphatic rings. The molecule has 0 atom stereocenters. The summed E-state index contributed by atoms with van der Waals surface area (Å²) in [6.07, 6.45) is 0. The van der Waals surface area contributed by atoms with Gasteiger partial charge in [0, 0.05) is 16.6 Å². The first-order valence-electron chi connectivity index (χ1n) is 6.28. The number of benzene rings is 2. The molecule has 0 unspecified atom stereocenters. The molecule has 0 saturated heterocycles. The molecule has 0 amide bonds. The highest BCUT2D eigenvalue weighted by Crippen LogP contribution is 2.29. The van der Waals surface area contributed by atoms with Crippen molar-refractivity contribution in [3.05, 3.63) is 57.6 Å². The Kier molecular flexibility index (Phi) is 4.61. The number of nitrogens with one attached hydrogen (secondary N) is 1. The predicted molar refractivity (Wildman–Crippen MR) is 82.9 cm³/mol. The fourth-order valence-corrected chi connectivity index (χ4v) is 2.20. The molecular formula is C16H18BrNO. The van der Waals surface area contributed by atoms with Gasteiger partial charge in [0.25, 0.3) is 0 Å². The summed E-state index contributed by atoms with van der Waals surface area (Å²) in [5.41, 5.74) is 3.66. The Labute approximate surface area is 122 Å². The summed E-state index contributed by atoms with van der Waals surface area (Å²) in [4.78, 5) is 0. The fourth-order valence-electron chi connectivity index (χ4n) is 1.86. The van der Waals surface area contributed by atoms with Crippen molar-refractivity contribution in [1.82, 2.24) is 5.32 Å². The third kappa shape index (κ3) is 3.58. The summed E-state index contributed by atoms with van der Waals surface area (Å²) in [6.45, 7) is 4.98. The summed E-state index contributed by atoms with van der Waals surface area (Å²) >= 11 is 3.49. The monoisotopic (exact) mass is 319 g/mol. The smallest absolute Gasteiger partial charge is 0.133 e. The second-order valence-electron chi connectivity index (χ2n) is 4.63. The van der Waals surface area contributed by atoms with E-state index < -0.39 is 0 Å². The summed E-state index contributed by atoms with van der Waals surface area (Å²) < 4.78 is 7.03. The Bertz CT molecular complexity index is 581. The van der Waals surface area contributed by atoms with Gasteiger partial charge in [0.05, 0.1) is 0 Å². The summed E-state index contributed by atoms with van der Waals surface area (Å²) in [5, 5.41) is 3.15. The molecule has 0 saturated carbocycles. The number of halogens is 1.